The van der Waals surface area contributed by atoms with Gasteiger partial charge in [0.15, 0.2) is 6.29 Å². The van der Waals surface area contributed by atoms with Crippen LogP contribution in [0.1, 0.15) is 98.3 Å². The number of aliphatic hydroxyl groups excluding tert-OH is 1. The summed E-state index contributed by atoms with van der Waals surface area (Å²) in [6, 6.07) is -0.219. The molecule has 0 aromatic carbocycles. The minimum atomic E-state index is -1.02. The maximum atomic E-state index is 12.2. The average Bonchev–Trinajstić information content (AvgIpc) is 2.55. The van der Waals surface area contributed by atoms with E-state index in [0.29, 0.717) is 0 Å². The van der Waals surface area contributed by atoms with Gasteiger partial charge in [-0.25, -0.2) is 0 Å². The highest BCUT2D eigenvalue weighted by molar-refractivity contribution is 5.75. The number of carbonyl (C=O) groups is 1. The van der Waals surface area contributed by atoms with Crippen LogP contribution in [0.4, 0.5) is 0 Å². The van der Waals surface area contributed by atoms with Crippen molar-refractivity contribution in [2.75, 3.05) is 13.1 Å². The third-order valence-electron chi connectivity index (χ3n) is 4.64. The summed E-state index contributed by atoms with van der Waals surface area (Å²) in [4.78, 5) is 14.3. The molecule has 0 bridgehead atoms. The van der Waals surface area contributed by atoms with E-state index in [-0.39, 0.29) is 12.0 Å². The Bertz CT molecular complexity index is 291. The monoisotopic (exact) mass is 343 g/mol. The Labute approximate surface area is 150 Å². The van der Waals surface area contributed by atoms with E-state index < -0.39 is 6.29 Å². The molecule has 0 spiro atoms. The molecule has 4 heteroatoms. The molecule has 0 aromatic rings. The number of hydrogen-bond donors (Lipinski definition) is 1. The van der Waals surface area contributed by atoms with Gasteiger partial charge in [-0.1, -0.05) is 85.0 Å². The number of nitrogens with zero attached hydrogens (tertiary/aromatic N) is 1. The molecule has 2 atom stereocenters. The van der Waals surface area contributed by atoms with Crippen molar-refractivity contribution >= 4 is 5.97 Å². The van der Waals surface area contributed by atoms with Crippen LogP contribution in [0.5, 0.6) is 0 Å². The largest absolute Gasteiger partial charge is 0.435 e. The number of likely N-dealkylation sites (N-methyl/N-ethyl adjacent to an activating group) is 1. The van der Waals surface area contributed by atoms with Crippen molar-refractivity contribution < 1.29 is 14.6 Å². The Balaban J connectivity index is 3.92. The second-order valence-corrected chi connectivity index (χ2v) is 6.74. The van der Waals surface area contributed by atoms with Crippen LogP contribution < -0.4 is 0 Å². The number of unbranched alkanes of at least 4 members (excludes halogenated alkanes) is 9. The number of hydrogen-bond acceptors (Lipinski definition) is 4. The van der Waals surface area contributed by atoms with Gasteiger partial charge in [0.05, 0.1) is 0 Å². The molecule has 0 rings (SSSR count). The van der Waals surface area contributed by atoms with Crippen LogP contribution in [0.3, 0.4) is 0 Å². The van der Waals surface area contributed by atoms with Crippen molar-refractivity contribution in [1.82, 2.24) is 4.90 Å². The van der Waals surface area contributed by atoms with E-state index in [1.165, 1.54) is 64.7 Å². The fourth-order valence-corrected chi connectivity index (χ4v) is 3.19. The van der Waals surface area contributed by atoms with Crippen LogP contribution in [0.2, 0.25) is 0 Å². The molecule has 0 fully saturated rings. The lowest BCUT2D eigenvalue weighted by Gasteiger charge is -2.28. The summed E-state index contributed by atoms with van der Waals surface area (Å²) in [6.07, 6.45) is 12.7. The number of esters is 1. The lowest BCUT2D eigenvalue weighted by Crippen LogP contribution is -2.43. The Morgan fingerprint density at radius 3 is 1.75 bits per heavy atom. The highest BCUT2D eigenvalue weighted by Crippen LogP contribution is 2.15. The summed E-state index contributed by atoms with van der Waals surface area (Å²) in [5.74, 6) is -0.287. The lowest BCUT2D eigenvalue weighted by molar-refractivity contribution is -0.171. The van der Waals surface area contributed by atoms with Gasteiger partial charge in [0.1, 0.15) is 6.04 Å². The second kappa shape index (κ2) is 15.9. The molecule has 24 heavy (non-hydrogen) atoms. The predicted molar refractivity (Wildman–Crippen MR) is 101 cm³/mol. The van der Waals surface area contributed by atoms with Crippen LogP contribution in [0.15, 0.2) is 0 Å². The van der Waals surface area contributed by atoms with Crippen LogP contribution in [-0.2, 0) is 9.53 Å². The fourth-order valence-electron chi connectivity index (χ4n) is 3.19. The SMILES string of the molecule is CCCCCCCCCCCCC(C(=O)OC(C)O)N(CC)CC. The smallest absolute Gasteiger partial charge is 0.325 e. The molecule has 2 unspecified atom stereocenters. The van der Waals surface area contributed by atoms with E-state index in [2.05, 4.69) is 25.7 Å². The van der Waals surface area contributed by atoms with E-state index in [9.17, 15) is 9.90 Å². The zero-order valence-corrected chi connectivity index (χ0v) is 16.6. The van der Waals surface area contributed by atoms with Crippen LogP contribution >= 0.6 is 0 Å². The van der Waals surface area contributed by atoms with Crippen molar-refractivity contribution in [2.45, 2.75) is 111 Å². The first-order valence-corrected chi connectivity index (χ1v) is 10.2. The van der Waals surface area contributed by atoms with Gasteiger partial charge in [0, 0.05) is 0 Å². The van der Waals surface area contributed by atoms with E-state index >= 15 is 0 Å². The Kier molecular flexibility index (Phi) is 15.5. The zero-order chi connectivity index (χ0) is 18.2. The number of rotatable bonds is 16. The fraction of sp³-hybridized carbons (Fsp3) is 0.950. The zero-order valence-electron chi connectivity index (χ0n) is 16.6. The maximum absolute atomic E-state index is 12.2. The van der Waals surface area contributed by atoms with Gasteiger partial charge >= 0.3 is 5.97 Å². The van der Waals surface area contributed by atoms with Crippen molar-refractivity contribution in [3.05, 3.63) is 0 Å². The van der Waals surface area contributed by atoms with Gasteiger partial charge in [0.25, 0.3) is 0 Å². The van der Waals surface area contributed by atoms with Gasteiger partial charge < -0.3 is 9.84 Å². The molecule has 144 valence electrons. The first-order valence-electron chi connectivity index (χ1n) is 10.2. The topological polar surface area (TPSA) is 49.8 Å². The molecule has 0 aliphatic rings. The third-order valence-corrected chi connectivity index (χ3v) is 4.64. The summed E-state index contributed by atoms with van der Waals surface area (Å²) < 4.78 is 5.01. The Hall–Kier alpha value is -0.610. The van der Waals surface area contributed by atoms with Crippen molar-refractivity contribution in [3.8, 4) is 0 Å². The summed E-state index contributed by atoms with van der Waals surface area (Å²) in [7, 11) is 0. The molecule has 0 heterocycles. The van der Waals surface area contributed by atoms with E-state index in [0.717, 1.165) is 25.9 Å². The highest BCUT2D eigenvalue weighted by atomic mass is 16.6. The van der Waals surface area contributed by atoms with Crippen molar-refractivity contribution in [2.24, 2.45) is 0 Å². The van der Waals surface area contributed by atoms with Crippen LogP contribution in [-0.4, -0.2) is 41.4 Å². The van der Waals surface area contributed by atoms with E-state index in [1.54, 1.807) is 0 Å². The quantitative estimate of drug-likeness (QED) is 0.246. The van der Waals surface area contributed by atoms with Crippen molar-refractivity contribution in [3.63, 3.8) is 0 Å². The molecule has 0 amide bonds. The summed E-state index contributed by atoms with van der Waals surface area (Å²) >= 11 is 0. The average molecular weight is 344 g/mol. The van der Waals surface area contributed by atoms with E-state index in [4.69, 9.17) is 4.74 Å². The number of ether oxygens (including phenoxy) is 1. The highest BCUT2D eigenvalue weighted by Gasteiger charge is 2.25. The minimum Gasteiger partial charge on any atom is -0.435 e. The molecule has 0 saturated carbocycles. The normalized spacial score (nSPS) is 13.9. The number of carbonyl (C=O) groups excluding carboxylic acids is 1. The molecule has 0 saturated heterocycles. The predicted octanol–water partition coefficient (Wildman–Crippen LogP) is 4.89. The molecular formula is C20H41NO3. The minimum absolute atomic E-state index is 0.219. The molecular weight excluding hydrogens is 302 g/mol. The Morgan fingerprint density at radius 1 is 0.875 bits per heavy atom. The number of aliphatic hydroxyl groups is 1. The third kappa shape index (κ3) is 11.9. The first-order chi connectivity index (χ1) is 11.6. The molecule has 0 aliphatic carbocycles. The van der Waals surface area contributed by atoms with Gasteiger partial charge in [-0.3, -0.25) is 9.69 Å². The second-order valence-electron chi connectivity index (χ2n) is 6.74. The molecule has 0 radical (unpaired) electrons. The molecule has 4 nitrogen and oxygen atoms in total. The lowest BCUT2D eigenvalue weighted by atomic mass is 10.0. The van der Waals surface area contributed by atoms with Gasteiger partial charge in [-0.2, -0.15) is 0 Å². The maximum Gasteiger partial charge on any atom is 0.325 e. The molecule has 0 aromatic heterocycles. The van der Waals surface area contributed by atoms with Gasteiger partial charge in [-0.15, -0.1) is 0 Å². The molecule has 1 N–H and O–H groups in total. The summed E-state index contributed by atoms with van der Waals surface area (Å²) in [5.41, 5.74) is 0. The van der Waals surface area contributed by atoms with Gasteiger partial charge in [-0.05, 0) is 26.4 Å². The van der Waals surface area contributed by atoms with Gasteiger partial charge in [0.2, 0.25) is 0 Å². The Morgan fingerprint density at radius 2 is 1.33 bits per heavy atom. The molecule has 0 aliphatic heterocycles. The van der Waals surface area contributed by atoms with Crippen LogP contribution in [0.25, 0.3) is 0 Å². The summed E-state index contributed by atoms with van der Waals surface area (Å²) in [6.45, 7) is 9.51. The van der Waals surface area contributed by atoms with E-state index in [1.807, 2.05) is 0 Å². The first kappa shape index (κ1) is 23.4. The van der Waals surface area contributed by atoms with Crippen LogP contribution in [0, 0.1) is 0 Å². The standard InChI is InChI=1S/C20H41NO3/c1-5-8-9-10-11-12-13-14-15-16-17-19(21(6-2)7-3)20(23)24-18(4)22/h18-19,22H,5-17H2,1-4H3. The summed E-state index contributed by atoms with van der Waals surface area (Å²) in [5, 5.41) is 9.28. The van der Waals surface area contributed by atoms with Crippen molar-refractivity contribution in [1.29, 1.82) is 0 Å².